The second-order valence-corrected chi connectivity index (χ2v) is 9.26. The Bertz CT molecular complexity index is 1250. The first-order chi connectivity index (χ1) is 15.0. The topological polar surface area (TPSA) is 0 Å². The third-order valence-electron chi connectivity index (χ3n) is 6.12. The fourth-order valence-electron chi connectivity index (χ4n) is 4.43. The fourth-order valence-corrected chi connectivity index (χ4v) is 4.43. The Labute approximate surface area is 185 Å². The van der Waals surface area contributed by atoms with E-state index in [1.54, 1.807) is 0 Å². The second-order valence-electron chi connectivity index (χ2n) is 9.26. The number of fused-ring (bicyclic) bond motifs is 1. The first-order valence-corrected chi connectivity index (χ1v) is 11.0. The van der Waals surface area contributed by atoms with Gasteiger partial charge < -0.3 is 0 Å². The molecule has 151 valence electrons. The van der Waals surface area contributed by atoms with Crippen LogP contribution < -0.4 is 0 Å². The summed E-state index contributed by atoms with van der Waals surface area (Å²) < 4.78 is 0. The van der Waals surface area contributed by atoms with Gasteiger partial charge in [-0.05, 0) is 49.9 Å². The molecule has 4 aromatic carbocycles. The highest BCUT2D eigenvalue weighted by molar-refractivity contribution is 5.98. The Morgan fingerprint density at radius 3 is 1.68 bits per heavy atom. The van der Waals surface area contributed by atoms with Crippen LogP contribution in [-0.2, 0) is 0 Å². The highest BCUT2D eigenvalue weighted by Gasteiger charge is 2.27. The van der Waals surface area contributed by atoms with E-state index in [2.05, 4.69) is 130 Å². The van der Waals surface area contributed by atoms with E-state index in [9.17, 15) is 0 Å². The molecule has 0 heteroatoms. The quantitative estimate of drug-likeness (QED) is 0.323. The lowest BCUT2D eigenvalue weighted by Gasteiger charge is -2.19. The number of rotatable bonds is 3. The fraction of sp³-hybridized carbons (Fsp3) is 0.129. The average Bonchev–Trinajstić information content (AvgIpc) is 3.25. The molecule has 0 amide bonds. The SMILES string of the molecule is CC(C)(C)C1=Cc2c(ccc(-c3ccccc3)c2-c2ccccc2-c2ccccc2)[CH]1. The van der Waals surface area contributed by atoms with Crippen LogP contribution in [0.3, 0.4) is 0 Å². The van der Waals surface area contributed by atoms with Crippen LogP contribution in [0.2, 0.25) is 0 Å². The Hall–Kier alpha value is -3.38. The summed E-state index contributed by atoms with van der Waals surface area (Å²) in [6.07, 6.45) is 4.76. The number of benzene rings is 4. The molecule has 4 aromatic rings. The van der Waals surface area contributed by atoms with Gasteiger partial charge in [-0.2, -0.15) is 0 Å². The van der Waals surface area contributed by atoms with Crippen LogP contribution in [0.4, 0.5) is 0 Å². The van der Waals surface area contributed by atoms with Crippen LogP contribution in [0.15, 0.2) is 103 Å². The summed E-state index contributed by atoms with van der Waals surface area (Å²) in [4.78, 5) is 0. The maximum absolute atomic E-state index is 2.40. The van der Waals surface area contributed by atoms with Gasteiger partial charge in [-0.15, -0.1) is 0 Å². The zero-order valence-electron chi connectivity index (χ0n) is 18.4. The predicted octanol–water partition coefficient (Wildman–Crippen LogP) is 8.68. The molecule has 0 heterocycles. The maximum Gasteiger partial charge on any atom is 0.0170 e. The molecule has 1 radical (unpaired) electrons. The number of hydrogen-bond acceptors (Lipinski definition) is 0. The summed E-state index contributed by atoms with van der Waals surface area (Å²) in [6, 6.07) is 34.8. The van der Waals surface area contributed by atoms with Crippen molar-refractivity contribution in [1.29, 1.82) is 0 Å². The van der Waals surface area contributed by atoms with E-state index in [0.29, 0.717) is 0 Å². The van der Waals surface area contributed by atoms with E-state index in [1.807, 2.05) is 0 Å². The molecule has 0 aromatic heterocycles. The summed E-state index contributed by atoms with van der Waals surface area (Å²) in [5.74, 6) is 0. The Balaban J connectivity index is 1.82. The van der Waals surface area contributed by atoms with Crippen molar-refractivity contribution in [3.8, 4) is 33.4 Å². The van der Waals surface area contributed by atoms with Crippen molar-refractivity contribution in [2.45, 2.75) is 20.8 Å². The minimum atomic E-state index is 0.113. The molecule has 0 atom stereocenters. The molecule has 0 aliphatic heterocycles. The monoisotopic (exact) mass is 399 g/mol. The van der Waals surface area contributed by atoms with Crippen molar-refractivity contribution in [3.63, 3.8) is 0 Å². The minimum absolute atomic E-state index is 0.113. The van der Waals surface area contributed by atoms with Gasteiger partial charge in [0.05, 0.1) is 0 Å². The van der Waals surface area contributed by atoms with Crippen molar-refractivity contribution < 1.29 is 0 Å². The lowest BCUT2D eigenvalue weighted by Crippen LogP contribution is -2.07. The lowest BCUT2D eigenvalue weighted by molar-refractivity contribution is 0.516. The van der Waals surface area contributed by atoms with Gasteiger partial charge in [0.1, 0.15) is 0 Å². The van der Waals surface area contributed by atoms with Gasteiger partial charge in [-0.1, -0.05) is 129 Å². The normalized spacial score (nSPS) is 13.1. The molecule has 0 spiro atoms. The van der Waals surface area contributed by atoms with Crippen LogP contribution in [0, 0.1) is 11.8 Å². The minimum Gasteiger partial charge on any atom is -0.0622 e. The van der Waals surface area contributed by atoms with Gasteiger partial charge in [0.15, 0.2) is 0 Å². The molecule has 0 bridgehead atoms. The molecule has 1 aliphatic carbocycles. The molecule has 5 rings (SSSR count). The van der Waals surface area contributed by atoms with Crippen molar-refractivity contribution in [1.82, 2.24) is 0 Å². The van der Waals surface area contributed by atoms with Crippen molar-refractivity contribution in [2.24, 2.45) is 5.41 Å². The molecule has 0 saturated heterocycles. The van der Waals surface area contributed by atoms with Crippen LogP contribution in [0.5, 0.6) is 0 Å². The second kappa shape index (κ2) is 7.71. The van der Waals surface area contributed by atoms with E-state index in [-0.39, 0.29) is 5.41 Å². The molecular formula is C31H27. The Morgan fingerprint density at radius 2 is 1.06 bits per heavy atom. The first kappa shape index (κ1) is 19.6. The Morgan fingerprint density at radius 1 is 0.516 bits per heavy atom. The van der Waals surface area contributed by atoms with Gasteiger partial charge in [0.25, 0.3) is 0 Å². The zero-order valence-corrected chi connectivity index (χ0v) is 18.4. The zero-order chi connectivity index (χ0) is 21.4. The van der Waals surface area contributed by atoms with Gasteiger partial charge in [-0.25, -0.2) is 0 Å². The van der Waals surface area contributed by atoms with E-state index >= 15 is 0 Å². The summed E-state index contributed by atoms with van der Waals surface area (Å²) in [6.45, 7) is 6.87. The molecule has 0 N–H and O–H groups in total. The predicted molar refractivity (Wildman–Crippen MR) is 134 cm³/mol. The Kier molecular flexibility index (Phi) is 4.87. The third kappa shape index (κ3) is 3.64. The molecule has 1 aliphatic rings. The molecule has 0 fully saturated rings. The third-order valence-corrected chi connectivity index (χ3v) is 6.12. The van der Waals surface area contributed by atoms with Crippen LogP contribution >= 0.6 is 0 Å². The average molecular weight is 400 g/mol. The summed E-state index contributed by atoms with van der Waals surface area (Å²) in [5, 5.41) is 0. The number of allylic oxidation sites excluding steroid dienone is 1. The summed E-state index contributed by atoms with van der Waals surface area (Å²) in [5.41, 5.74) is 11.8. The molecular weight excluding hydrogens is 372 g/mol. The van der Waals surface area contributed by atoms with Gasteiger partial charge >= 0.3 is 0 Å². The van der Waals surface area contributed by atoms with Gasteiger partial charge in [0, 0.05) is 6.42 Å². The van der Waals surface area contributed by atoms with E-state index in [0.717, 1.165) is 0 Å². The molecule has 0 unspecified atom stereocenters. The van der Waals surface area contributed by atoms with Gasteiger partial charge in [-0.3, -0.25) is 0 Å². The van der Waals surface area contributed by atoms with E-state index < -0.39 is 0 Å². The number of hydrogen-bond donors (Lipinski definition) is 0. The first-order valence-electron chi connectivity index (χ1n) is 11.0. The maximum atomic E-state index is 2.40. The van der Waals surface area contributed by atoms with Crippen LogP contribution in [0.25, 0.3) is 39.5 Å². The summed E-state index contributed by atoms with van der Waals surface area (Å²) in [7, 11) is 0. The summed E-state index contributed by atoms with van der Waals surface area (Å²) >= 11 is 0. The van der Waals surface area contributed by atoms with Crippen molar-refractivity contribution >= 4 is 6.08 Å². The van der Waals surface area contributed by atoms with Crippen molar-refractivity contribution in [2.75, 3.05) is 0 Å². The van der Waals surface area contributed by atoms with Crippen LogP contribution in [0.1, 0.15) is 31.9 Å². The smallest absolute Gasteiger partial charge is 0.0170 e. The highest BCUT2D eigenvalue weighted by Crippen LogP contribution is 2.47. The molecule has 31 heavy (non-hydrogen) atoms. The van der Waals surface area contributed by atoms with E-state index in [1.165, 1.54) is 50.1 Å². The van der Waals surface area contributed by atoms with Crippen LogP contribution in [-0.4, -0.2) is 0 Å². The van der Waals surface area contributed by atoms with E-state index in [4.69, 9.17) is 0 Å². The largest absolute Gasteiger partial charge is 0.0622 e. The lowest BCUT2D eigenvalue weighted by atomic mass is 9.85. The molecule has 0 nitrogen and oxygen atoms in total. The highest BCUT2D eigenvalue weighted by atomic mass is 14.3. The van der Waals surface area contributed by atoms with Crippen molar-refractivity contribution in [3.05, 3.63) is 120 Å². The van der Waals surface area contributed by atoms with Gasteiger partial charge in [0.2, 0.25) is 0 Å². The standard InChI is InChI=1S/C31H27/c1-31(2,3)25-20-24-18-19-27(23-14-8-5-9-15-23)30(29(24)21-25)28-17-11-10-16-26(28)22-12-6-4-7-13-22/h4-21H,1-3H3. The molecule has 0 saturated carbocycles.